The van der Waals surface area contributed by atoms with Gasteiger partial charge in [-0.15, -0.1) is 0 Å². The SMILES string of the molecule is O=C(O)CC(c1cc(F)cc(F)c1)N1CC(CCCCc2ccc3c(n2)NCCC3)C1. The first-order valence-corrected chi connectivity index (χ1v) is 11.1. The lowest BCUT2D eigenvalue weighted by Crippen LogP contribution is -2.48. The molecule has 0 bridgehead atoms. The smallest absolute Gasteiger partial charge is 0.305 e. The van der Waals surface area contributed by atoms with Crippen LogP contribution in [0.4, 0.5) is 14.6 Å². The summed E-state index contributed by atoms with van der Waals surface area (Å²) in [6, 6.07) is 7.12. The maximum atomic E-state index is 13.6. The lowest BCUT2D eigenvalue weighted by atomic mass is 9.89. The number of carboxylic acid groups (broad SMARTS) is 1. The average molecular weight is 430 g/mol. The third-order valence-corrected chi connectivity index (χ3v) is 6.31. The van der Waals surface area contributed by atoms with Crippen molar-refractivity contribution < 1.29 is 18.7 Å². The standard InChI is InChI=1S/C24H29F2N3O2/c25-19-10-18(11-20(26)12-19)22(13-23(30)31)29-14-16(15-29)4-1-2-6-21-8-7-17-5-3-9-27-24(17)28-21/h7-8,10-12,16,22H,1-6,9,13-15H2,(H,27,28)(H,30,31). The Morgan fingerprint density at radius 1 is 1.19 bits per heavy atom. The van der Waals surface area contributed by atoms with Gasteiger partial charge in [0.2, 0.25) is 0 Å². The fourth-order valence-electron chi connectivity index (χ4n) is 4.68. The zero-order chi connectivity index (χ0) is 21.8. The summed E-state index contributed by atoms with van der Waals surface area (Å²) >= 11 is 0. The minimum Gasteiger partial charge on any atom is -0.481 e. The summed E-state index contributed by atoms with van der Waals surface area (Å²) in [5.74, 6) is -0.781. The zero-order valence-electron chi connectivity index (χ0n) is 17.6. The van der Waals surface area contributed by atoms with Crippen molar-refractivity contribution >= 4 is 11.8 Å². The Hall–Kier alpha value is -2.54. The number of nitrogens with one attached hydrogen (secondary N) is 1. The molecule has 7 heteroatoms. The van der Waals surface area contributed by atoms with Gasteiger partial charge in [0, 0.05) is 37.4 Å². The summed E-state index contributed by atoms with van der Waals surface area (Å²) in [7, 11) is 0. The maximum absolute atomic E-state index is 13.6. The molecule has 2 N–H and O–H groups in total. The Kier molecular flexibility index (Phi) is 6.80. The van der Waals surface area contributed by atoms with Crippen LogP contribution in [0.5, 0.6) is 0 Å². The molecular formula is C24H29F2N3O2. The van der Waals surface area contributed by atoms with Crippen molar-refractivity contribution in [3.8, 4) is 0 Å². The Morgan fingerprint density at radius 3 is 2.71 bits per heavy atom. The summed E-state index contributed by atoms with van der Waals surface area (Å²) in [5, 5.41) is 12.6. The van der Waals surface area contributed by atoms with Crippen LogP contribution in [0.1, 0.15) is 55.0 Å². The van der Waals surface area contributed by atoms with Gasteiger partial charge >= 0.3 is 5.97 Å². The summed E-state index contributed by atoms with van der Waals surface area (Å²) in [6.07, 6.45) is 6.27. The van der Waals surface area contributed by atoms with Gasteiger partial charge in [-0.2, -0.15) is 0 Å². The fourth-order valence-corrected chi connectivity index (χ4v) is 4.68. The molecule has 31 heavy (non-hydrogen) atoms. The lowest BCUT2D eigenvalue weighted by molar-refractivity contribution is -0.139. The van der Waals surface area contributed by atoms with Crippen LogP contribution >= 0.6 is 0 Å². The predicted molar refractivity (Wildman–Crippen MR) is 115 cm³/mol. The van der Waals surface area contributed by atoms with E-state index in [2.05, 4.69) is 17.4 Å². The van der Waals surface area contributed by atoms with E-state index in [1.807, 2.05) is 4.90 Å². The number of aryl methyl sites for hydroxylation is 2. The quantitative estimate of drug-likeness (QED) is 0.572. The van der Waals surface area contributed by atoms with Gasteiger partial charge in [0.05, 0.1) is 6.42 Å². The molecule has 0 spiro atoms. The van der Waals surface area contributed by atoms with Gasteiger partial charge in [-0.3, -0.25) is 9.69 Å². The van der Waals surface area contributed by atoms with E-state index in [1.54, 1.807) is 0 Å². The molecule has 2 aromatic rings. The Bertz CT molecular complexity index is 911. The number of carboxylic acids is 1. The average Bonchev–Trinajstić information content (AvgIpc) is 2.70. The first-order chi connectivity index (χ1) is 15.0. The van der Waals surface area contributed by atoms with Crippen LogP contribution in [-0.4, -0.2) is 40.6 Å². The molecule has 0 aliphatic carbocycles. The van der Waals surface area contributed by atoms with Crippen molar-refractivity contribution in [2.45, 2.75) is 51.0 Å². The molecule has 1 saturated heterocycles. The van der Waals surface area contributed by atoms with E-state index in [9.17, 15) is 18.7 Å². The molecule has 1 atom stereocenters. The molecule has 2 aliphatic rings. The lowest BCUT2D eigenvalue weighted by Gasteiger charge is -2.44. The fraction of sp³-hybridized carbons (Fsp3) is 0.500. The number of pyridine rings is 1. The summed E-state index contributed by atoms with van der Waals surface area (Å²) in [6.45, 7) is 2.51. The Morgan fingerprint density at radius 2 is 1.97 bits per heavy atom. The third-order valence-electron chi connectivity index (χ3n) is 6.31. The number of nitrogens with zero attached hydrogens (tertiary/aromatic N) is 2. The van der Waals surface area contributed by atoms with E-state index >= 15 is 0 Å². The highest BCUT2D eigenvalue weighted by Crippen LogP contribution is 2.34. The number of aliphatic carboxylic acids is 1. The van der Waals surface area contributed by atoms with E-state index < -0.39 is 23.6 Å². The van der Waals surface area contributed by atoms with Crippen LogP contribution in [0.25, 0.3) is 0 Å². The first kappa shape index (κ1) is 21.7. The van der Waals surface area contributed by atoms with E-state index in [4.69, 9.17) is 4.98 Å². The molecule has 166 valence electrons. The van der Waals surface area contributed by atoms with Crippen LogP contribution in [0.3, 0.4) is 0 Å². The number of hydrogen-bond acceptors (Lipinski definition) is 4. The van der Waals surface area contributed by atoms with Gasteiger partial charge in [-0.1, -0.05) is 12.5 Å². The molecule has 2 aliphatic heterocycles. The van der Waals surface area contributed by atoms with Gasteiger partial charge in [0.25, 0.3) is 0 Å². The number of rotatable bonds is 9. The number of aromatic nitrogens is 1. The third kappa shape index (κ3) is 5.58. The van der Waals surface area contributed by atoms with Gasteiger partial charge in [-0.25, -0.2) is 13.8 Å². The van der Waals surface area contributed by atoms with Crippen molar-refractivity contribution in [3.05, 3.63) is 58.8 Å². The molecule has 0 saturated carbocycles. The molecule has 5 nitrogen and oxygen atoms in total. The van der Waals surface area contributed by atoms with Crippen LogP contribution in [0.2, 0.25) is 0 Å². The minimum absolute atomic E-state index is 0.159. The first-order valence-electron chi connectivity index (χ1n) is 11.1. The van der Waals surface area contributed by atoms with Gasteiger partial charge in [-0.05, 0) is 67.3 Å². The summed E-state index contributed by atoms with van der Waals surface area (Å²) < 4.78 is 27.2. The Balaban J connectivity index is 1.24. The van der Waals surface area contributed by atoms with Gasteiger partial charge in [0.15, 0.2) is 0 Å². The van der Waals surface area contributed by atoms with Crippen molar-refractivity contribution in [2.75, 3.05) is 25.0 Å². The minimum atomic E-state index is -0.967. The molecule has 1 fully saturated rings. The largest absolute Gasteiger partial charge is 0.481 e. The summed E-state index contributed by atoms with van der Waals surface area (Å²) in [4.78, 5) is 18.0. The molecule has 1 aromatic carbocycles. The molecule has 3 heterocycles. The highest BCUT2D eigenvalue weighted by atomic mass is 19.1. The van der Waals surface area contributed by atoms with Crippen molar-refractivity contribution in [1.29, 1.82) is 0 Å². The zero-order valence-corrected chi connectivity index (χ0v) is 17.6. The van der Waals surface area contributed by atoms with Crippen molar-refractivity contribution in [2.24, 2.45) is 5.92 Å². The monoisotopic (exact) mass is 429 g/mol. The Labute approximate surface area is 181 Å². The number of likely N-dealkylation sites (tertiary alicyclic amines) is 1. The van der Waals surface area contributed by atoms with Crippen LogP contribution < -0.4 is 5.32 Å². The second kappa shape index (κ2) is 9.73. The second-order valence-corrected chi connectivity index (χ2v) is 8.72. The highest BCUT2D eigenvalue weighted by Gasteiger charge is 2.34. The van der Waals surface area contributed by atoms with E-state index in [-0.39, 0.29) is 6.42 Å². The van der Waals surface area contributed by atoms with Crippen molar-refractivity contribution in [3.63, 3.8) is 0 Å². The molecule has 0 amide bonds. The number of unbranched alkanes of at least 4 members (excludes halogenated alkanes) is 1. The highest BCUT2D eigenvalue weighted by molar-refractivity contribution is 5.68. The van der Waals surface area contributed by atoms with Crippen LogP contribution in [-0.2, 0) is 17.6 Å². The number of anilines is 1. The van der Waals surface area contributed by atoms with E-state index in [1.165, 1.54) is 17.7 Å². The molecule has 0 radical (unpaired) electrons. The van der Waals surface area contributed by atoms with Crippen LogP contribution in [0, 0.1) is 17.6 Å². The number of fused-ring (bicyclic) bond motifs is 1. The predicted octanol–water partition coefficient (Wildman–Crippen LogP) is 4.58. The number of halogens is 2. The maximum Gasteiger partial charge on any atom is 0.305 e. The van der Waals surface area contributed by atoms with Crippen molar-refractivity contribution in [1.82, 2.24) is 9.88 Å². The van der Waals surface area contributed by atoms with Gasteiger partial charge < -0.3 is 10.4 Å². The number of hydrogen-bond donors (Lipinski definition) is 2. The van der Waals surface area contributed by atoms with E-state index in [0.29, 0.717) is 11.5 Å². The van der Waals surface area contributed by atoms with Gasteiger partial charge in [0.1, 0.15) is 17.5 Å². The number of carbonyl (C=O) groups is 1. The second-order valence-electron chi connectivity index (χ2n) is 8.72. The topological polar surface area (TPSA) is 65.5 Å². The molecule has 1 aromatic heterocycles. The number of benzene rings is 1. The molecular weight excluding hydrogens is 400 g/mol. The molecule has 4 rings (SSSR count). The molecule has 1 unspecified atom stereocenters. The van der Waals surface area contributed by atoms with Crippen LogP contribution in [0.15, 0.2) is 30.3 Å². The normalized spacial score (nSPS) is 17.5. The summed E-state index contributed by atoms with van der Waals surface area (Å²) in [5.41, 5.74) is 2.82. The van der Waals surface area contributed by atoms with E-state index in [0.717, 1.165) is 75.7 Å².